The maximum absolute atomic E-state index is 4.42. The van der Waals surface area contributed by atoms with E-state index in [-0.39, 0.29) is 0 Å². The average Bonchev–Trinajstić information content (AvgIpc) is 2.26. The van der Waals surface area contributed by atoms with Crippen LogP contribution in [0.25, 0.3) is 0 Å². The fourth-order valence-corrected chi connectivity index (χ4v) is 1.75. The first-order valence-corrected chi connectivity index (χ1v) is 6.09. The minimum atomic E-state index is 0.340. The Balaban J connectivity index is 2.50. The maximum Gasteiger partial charge on any atom is 0.0756 e. The topological polar surface area (TPSA) is 37.8 Å². The van der Waals surface area contributed by atoms with Crippen LogP contribution >= 0.6 is 0 Å². The summed E-state index contributed by atoms with van der Waals surface area (Å²) in [5.41, 5.74) is 2.03. The molecule has 0 fully saturated rings. The van der Waals surface area contributed by atoms with E-state index in [1.807, 2.05) is 26.4 Å². The van der Waals surface area contributed by atoms with Crippen molar-refractivity contribution in [2.45, 2.75) is 46.1 Å². The van der Waals surface area contributed by atoms with Crippen LogP contribution in [-0.4, -0.2) is 17.0 Å². The monoisotopic (exact) mass is 221 g/mol. The SMILES string of the molecule is CNC(CCCC(C)C)c1cnc(C)cn1. The van der Waals surface area contributed by atoms with Crippen molar-refractivity contribution in [3.63, 3.8) is 0 Å². The van der Waals surface area contributed by atoms with Gasteiger partial charge in [-0.15, -0.1) is 0 Å². The van der Waals surface area contributed by atoms with Gasteiger partial charge in [-0.25, -0.2) is 0 Å². The van der Waals surface area contributed by atoms with Gasteiger partial charge in [0, 0.05) is 6.20 Å². The summed E-state index contributed by atoms with van der Waals surface area (Å²) < 4.78 is 0. The molecule has 0 radical (unpaired) electrons. The van der Waals surface area contributed by atoms with E-state index in [0.29, 0.717) is 6.04 Å². The second-order valence-corrected chi connectivity index (χ2v) is 4.75. The molecule has 0 spiro atoms. The molecule has 1 aromatic rings. The molecule has 3 heteroatoms. The smallest absolute Gasteiger partial charge is 0.0756 e. The van der Waals surface area contributed by atoms with E-state index in [9.17, 15) is 0 Å². The predicted octanol–water partition coefficient (Wildman–Crippen LogP) is 2.87. The van der Waals surface area contributed by atoms with Gasteiger partial charge in [0.15, 0.2) is 0 Å². The van der Waals surface area contributed by atoms with Crippen molar-refractivity contribution in [3.05, 3.63) is 23.8 Å². The number of hydrogen-bond acceptors (Lipinski definition) is 3. The van der Waals surface area contributed by atoms with Crippen LogP contribution in [0.3, 0.4) is 0 Å². The molecule has 90 valence electrons. The molecule has 0 saturated carbocycles. The normalized spacial score (nSPS) is 13.1. The van der Waals surface area contributed by atoms with Crippen molar-refractivity contribution in [1.29, 1.82) is 0 Å². The molecule has 3 nitrogen and oxygen atoms in total. The number of nitrogens with zero attached hydrogens (tertiary/aromatic N) is 2. The van der Waals surface area contributed by atoms with Gasteiger partial charge in [0.2, 0.25) is 0 Å². The van der Waals surface area contributed by atoms with E-state index in [1.165, 1.54) is 12.8 Å². The highest BCUT2D eigenvalue weighted by molar-refractivity contribution is 5.05. The minimum absolute atomic E-state index is 0.340. The second-order valence-electron chi connectivity index (χ2n) is 4.75. The number of rotatable bonds is 6. The zero-order chi connectivity index (χ0) is 12.0. The van der Waals surface area contributed by atoms with Crippen molar-refractivity contribution >= 4 is 0 Å². The van der Waals surface area contributed by atoms with E-state index in [2.05, 4.69) is 29.1 Å². The molecule has 0 aliphatic heterocycles. The second kappa shape index (κ2) is 6.59. The van der Waals surface area contributed by atoms with Gasteiger partial charge >= 0.3 is 0 Å². The first-order valence-electron chi connectivity index (χ1n) is 6.09. The van der Waals surface area contributed by atoms with Crippen LogP contribution < -0.4 is 5.32 Å². The van der Waals surface area contributed by atoms with Gasteiger partial charge in [-0.2, -0.15) is 0 Å². The number of aromatic nitrogens is 2. The molecule has 0 saturated heterocycles. The number of hydrogen-bond donors (Lipinski definition) is 1. The first kappa shape index (κ1) is 13.1. The lowest BCUT2D eigenvalue weighted by atomic mass is 10.0. The van der Waals surface area contributed by atoms with E-state index in [4.69, 9.17) is 0 Å². The van der Waals surface area contributed by atoms with Crippen molar-refractivity contribution in [1.82, 2.24) is 15.3 Å². The highest BCUT2D eigenvalue weighted by Crippen LogP contribution is 2.18. The molecule has 0 aliphatic carbocycles. The first-order chi connectivity index (χ1) is 7.63. The fourth-order valence-electron chi connectivity index (χ4n) is 1.75. The van der Waals surface area contributed by atoms with Crippen LogP contribution in [0.4, 0.5) is 0 Å². The zero-order valence-corrected chi connectivity index (χ0v) is 10.8. The molecule has 0 aliphatic rings. The van der Waals surface area contributed by atoms with E-state index < -0.39 is 0 Å². The Morgan fingerprint density at radius 3 is 2.44 bits per heavy atom. The molecule has 1 atom stereocenters. The summed E-state index contributed by atoms with van der Waals surface area (Å²) in [7, 11) is 1.99. The molecule has 1 heterocycles. The van der Waals surface area contributed by atoms with Crippen LogP contribution in [0.1, 0.15) is 50.5 Å². The molecule has 1 rings (SSSR count). The third-order valence-corrected chi connectivity index (χ3v) is 2.78. The summed E-state index contributed by atoms with van der Waals surface area (Å²) in [6, 6.07) is 0.340. The Bertz CT molecular complexity index is 293. The molecule has 0 bridgehead atoms. The van der Waals surface area contributed by atoms with Gasteiger partial charge in [0.05, 0.1) is 23.6 Å². The van der Waals surface area contributed by atoms with Crippen LogP contribution in [-0.2, 0) is 0 Å². The largest absolute Gasteiger partial charge is 0.312 e. The molecule has 1 aromatic heterocycles. The van der Waals surface area contributed by atoms with Crippen molar-refractivity contribution in [3.8, 4) is 0 Å². The van der Waals surface area contributed by atoms with E-state index in [1.54, 1.807) is 0 Å². The van der Waals surface area contributed by atoms with Gasteiger partial charge in [0.1, 0.15) is 0 Å². The van der Waals surface area contributed by atoms with E-state index in [0.717, 1.165) is 23.7 Å². The maximum atomic E-state index is 4.42. The Morgan fingerprint density at radius 1 is 1.19 bits per heavy atom. The molecule has 0 aromatic carbocycles. The Labute approximate surface area is 98.7 Å². The van der Waals surface area contributed by atoms with Gasteiger partial charge in [-0.1, -0.05) is 26.7 Å². The number of nitrogens with one attached hydrogen (secondary N) is 1. The Kier molecular flexibility index (Phi) is 5.39. The zero-order valence-electron chi connectivity index (χ0n) is 10.8. The Morgan fingerprint density at radius 2 is 1.94 bits per heavy atom. The standard InChI is InChI=1S/C13H23N3/c1-10(2)6-5-7-12(14-4)13-9-15-11(3)8-16-13/h8-10,12,14H,5-7H2,1-4H3. The number of aryl methyl sites for hydroxylation is 1. The quantitative estimate of drug-likeness (QED) is 0.802. The third-order valence-electron chi connectivity index (χ3n) is 2.78. The van der Waals surface area contributed by atoms with Crippen LogP contribution in [0, 0.1) is 12.8 Å². The highest BCUT2D eigenvalue weighted by atomic mass is 14.9. The van der Waals surface area contributed by atoms with Crippen molar-refractivity contribution < 1.29 is 0 Å². The van der Waals surface area contributed by atoms with E-state index >= 15 is 0 Å². The van der Waals surface area contributed by atoms with Crippen LogP contribution in [0.2, 0.25) is 0 Å². The lowest BCUT2D eigenvalue weighted by molar-refractivity contribution is 0.463. The lowest BCUT2D eigenvalue weighted by Crippen LogP contribution is -2.18. The molecule has 1 N–H and O–H groups in total. The highest BCUT2D eigenvalue weighted by Gasteiger charge is 2.10. The molecule has 16 heavy (non-hydrogen) atoms. The van der Waals surface area contributed by atoms with Crippen molar-refractivity contribution in [2.75, 3.05) is 7.05 Å². The molecular formula is C13H23N3. The van der Waals surface area contributed by atoms with Gasteiger partial charge in [-0.3, -0.25) is 9.97 Å². The average molecular weight is 221 g/mol. The summed E-state index contributed by atoms with van der Waals surface area (Å²) in [4.78, 5) is 8.71. The third kappa shape index (κ3) is 4.27. The molecular weight excluding hydrogens is 198 g/mol. The van der Waals surface area contributed by atoms with Gasteiger partial charge in [-0.05, 0) is 26.3 Å². The van der Waals surface area contributed by atoms with Crippen LogP contribution in [0.15, 0.2) is 12.4 Å². The van der Waals surface area contributed by atoms with Gasteiger partial charge in [0.25, 0.3) is 0 Å². The van der Waals surface area contributed by atoms with Crippen molar-refractivity contribution in [2.24, 2.45) is 5.92 Å². The lowest BCUT2D eigenvalue weighted by Gasteiger charge is -2.15. The summed E-state index contributed by atoms with van der Waals surface area (Å²) in [5.74, 6) is 0.779. The minimum Gasteiger partial charge on any atom is -0.312 e. The predicted molar refractivity (Wildman–Crippen MR) is 67.3 cm³/mol. The van der Waals surface area contributed by atoms with Gasteiger partial charge < -0.3 is 5.32 Å². The summed E-state index contributed by atoms with van der Waals surface area (Å²) in [6.07, 6.45) is 7.36. The van der Waals surface area contributed by atoms with Crippen LogP contribution in [0.5, 0.6) is 0 Å². The molecule has 0 amide bonds. The summed E-state index contributed by atoms with van der Waals surface area (Å²) in [6.45, 7) is 6.49. The summed E-state index contributed by atoms with van der Waals surface area (Å²) >= 11 is 0. The molecule has 1 unspecified atom stereocenters. The Hall–Kier alpha value is -0.960. The fraction of sp³-hybridized carbons (Fsp3) is 0.692. The summed E-state index contributed by atoms with van der Waals surface area (Å²) in [5, 5.41) is 3.31.